The molecular weight excluding hydrogens is 208 g/mol. The highest BCUT2D eigenvalue weighted by atomic mass is 15.0. The lowest BCUT2D eigenvalue weighted by molar-refractivity contribution is 0.306. The third-order valence-corrected chi connectivity index (χ3v) is 3.85. The van der Waals surface area contributed by atoms with E-state index in [9.17, 15) is 0 Å². The minimum absolute atomic E-state index is 0.301. The number of hydrogen-bond acceptors (Lipinski definition) is 2. The van der Waals surface area contributed by atoms with Crippen molar-refractivity contribution in [2.24, 2.45) is 5.73 Å². The van der Waals surface area contributed by atoms with Crippen molar-refractivity contribution in [3.05, 3.63) is 35.4 Å². The maximum atomic E-state index is 6.26. The lowest BCUT2D eigenvalue weighted by Gasteiger charge is -2.35. The number of benzene rings is 1. The van der Waals surface area contributed by atoms with E-state index in [1.165, 1.54) is 24.0 Å². The van der Waals surface area contributed by atoms with Gasteiger partial charge in [0.1, 0.15) is 0 Å². The van der Waals surface area contributed by atoms with E-state index in [1.807, 2.05) is 0 Å². The summed E-state index contributed by atoms with van der Waals surface area (Å²) in [6, 6.07) is 9.69. The Morgan fingerprint density at radius 2 is 2.00 bits per heavy atom. The van der Waals surface area contributed by atoms with Crippen molar-refractivity contribution in [3.63, 3.8) is 0 Å². The Morgan fingerprint density at radius 3 is 2.59 bits per heavy atom. The van der Waals surface area contributed by atoms with E-state index in [1.54, 1.807) is 0 Å². The van der Waals surface area contributed by atoms with Gasteiger partial charge in [-0.15, -0.1) is 0 Å². The highest BCUT2D eigenvalue weighted by molar-refractivity contribution is 5.25. The van der Waals surface area contributed by atoms with Crippen LogP contribution in [0, 0.1) is 6.92 Å². The van der Waals surface area contributed by atoms with Crippen LogP contribution in [0.15, 0.2) is 24.3 Å². The molecule has 1 saturated heterocycles. The number of rotatable bonds is 3. The van der Waals surface area contributed by atoms with Crippen molar-refractivity contribution in [2.75, 3.05) is 6.54 Å². The second-order valence-electron chi connectivity index (χ2n) is 5.31. The minimum Gasteiger partial charge on any atom is -0.326 e. The molecule has 1 aromatic rings. The third-order valence-electron chi connectivity index (χ3n) is 3.85. The average Bonchev–Trinajstić information content (AvgIpc) is 2.33. The average molecular weight is 232 g/mol. The number of nitrogens with one attached hydrogen (secondary N) is 1. The Morgan fingerprint density at radius 1 is 1.29 bits per heavy atom. The molecule has 3 N–H and O–H groups in total. The molecule has 2 heteroatoms. The van der Waals surface area contributed by atoms with E-state index < -0.39 is 0 Å². The van der Waals surface area contributed by atoms with E-state index in [2.05, 4.69) is 43.4 Å². The fourth-order valence-corrected chi connectivity index (χ4v) is 2.74. The van der Waals surface area contributed by atoms with Crippen molar-refractivity contribution in [1.29, 1.82) is 0 Å². The Labute approximate surface area is 105 Å². The maximum absolute atomic E-state index is 6.26. The summed E-state index contributed by atoms with van der Waals surface area (Å²) in [5.41, 5.74) is 9.01. The first-order chi connectivity index (χ1) is 8.20. The van der Waals surface area contributed by atoms with Crippen molar-refractivity contribution < 1.29 is 0 Å². The molecule has 1 aromatic carbocycles. The van der Waals surface area contributed by atoms with E-state index >= 15 is 0 Å². The lowest BCUT2D eigenvalue weighted by Crippen LogP contribution is -2.51. The predicted molar refractivity (Wildman–Crippen MR) is 73.2 cm³/mol. The van der Waals surface area contributed by atoms with Crippen LogP contribution >= 0.6 is 0 Å². The molecule has 1 heterocycles. The summed E-state index contributed by atoms with van der Waals surface area (Å²) < 4.78 is 0. The van der Waals surface area contributed by atoms with Crippen LogP contribution in [0.25, 0.3) is 0 Å². The van der Waals surface area contributed by atoms with E-state index in [-0.39, 0.29) is 0 Å². The van der Waals surface area contributed by atoms with Crippen LogP contribution in [0.2, 0.25) is 0 Å². The summed E-state index contributed by atoms with van der Waals surface area (Å²) in [5, 5.41) is 3.61. The zero-order valence-corrected chi connectivity index (χ0v) is 10.9. The van der Waals surface area contributed by atoms with Gasteiger partial charge in [0.05, 0.1) is 0 Å². The molecule has 3 atom stereocenters. The van der Waals surface area contributed by atoms with Crippen LogP contribution < -0.4 is 11.1 Å². The summed E-state index contributed by atoms with van der Waals surface area (Å²) in [4.78, 5) is 0. The normalized spacial score (nSPS) is 29.2. The molecule has 1 fully saturated rings. The van der Waals surface area contributed by atoms with Crippen molar-refractivity contribution in [3.8, 4) is 0 Å². The van der Waals surface area contributed by atoms with Crippen molar-refractivity contribution >= 4 is 0 Å². The third kappa shape index (κ3) is 3.08. The molecule has 0 aromatic heterocycles. The number of piperidine rings is 1. The van der Waals surface area contributed by atoms with Gasteiger partial charge < -0.3 is 11.1 Å². The quantitative estimate of drug-likeness (QED) is 0.840. The predicted octanol–water partition coefficient (Wildman–Crippen LogP) is 2.57. The van der Waals surface area contributed by atoms with Gasteiger partial charge in [0.2, 0.25) is 0 Å². The van der Waals surface area contributed by atoms with E-state index in [0.717, 1.165) is 13.0 Å². The fraction of sp³-hybridized carbons (Fsp3) is 0.600. The molecule has 0 bridgehead atoms. The van der Waals surface area contributed by atoms with Gasteiger partial charge in [-0.25, -0.2) is 0 Å². The molecule has 0 amide bonds. The molecule has 2 rings (SSSR count). The van der Waals surface area contributed by atoms with Crippen LogP contribution in [-0.2, 0) is 0 Å². The van der Waals surface area contributed by atoms with Gasteiger partial charge in [-0.2, -0.15) is 0 Å². The second-order valence-corrected chi connectivity index (χ2v) is 5.31. The molecule has 2 nitrogen and oxygen atoms in total. The molecule has 0 spiro atoms. The summed E-state index contributed by atoms with van der Waals surface area (Å²) in [6.45, 7) is 5.42. The molecule has 0 saturated carbocycles. The van der Waals surface area contributed by atoms with Gasteiger partial charge in [0.25, 0.3) is 0 Å². The molecule has 1 aliphatic rings. The second kappa shape index (κ2) is 5.65. The molecular formula is C15H24N2. The number of aryl methyl sites for hydroxylation is 1. The zero-order valence-electron chi connectivity index (χ0n) is 10.9. The first-order valence-corrected chi connectivity index (χ1v) is 6.76. The Kier molecular flexibility index (Phi) is 4.19. The molecule has 1 aliphatic heterocycles. The van der Waals surface area contributed by atoms with Crippen LogP contribution in [0.3, 0.4) is 0 Å². The van der Waals surface area contributed by atoms with Gasteiger partial charge in [0.15, 0.2) is 0 Å². The van der Waals surface area contributed by atoms with Crippen LogP contribution in [0.4, 0.5) is 0 Å². The monoisotopic (exact) mass is 232 g/mol. The standard InChI is InChI=1S/C15H24N2/c1-3-4-15-14(16)9-13(10-17-15)12-7-5-11(2)6-8-12/h5-8,13-15,17H,3-4,9-10,16H2,1-2H3. The Bertz CT molecular complexity index is 344. The van der Waals surface area contributed by atoms with Crippen molar-refractivity contribution in [1.82, 2.24) is 5.32 Å². The van der Waals surface area contributed by atoms with Crippen LogP contribution in [0.5, 0.6) is 0 Å². The lowest BCUT2D eigenvalue weighted by atomic mass is 9.84. The zero-order chi connectivity index (χ0) is 12.3. The first-order valence-electron chi connectivity index (χ1n) is 6.76. The van der Waals surface area contributed by atoms with Gasteiger partial charge in [0, 0.05) is 18.6 Å². The topological polar surface area (TPSA) is 38.0 Å². The number of hydrogen-bond donors (Lipinski definition) is 2. The molecule has 94 valence electrons. The van der Waals surface area contributed by atoms with Crippen LogP contribution in [0.1, 0.15) is 43.2 Å². The van der Waals surface area contributed by atoms with Gasteiger partial charge >= 0.3 is 0 Å². The first kappa shape index (κ1) is 12.6. The summed E-state index contributed by atoms with van der Waals surface area (Å²) in [7, 11) is 0. The molecule has 0 radical (unpaired) electrons. The summed E-state index contributed by atoms with van der Waals surface area (Å²) in [5.74, 6) is 0.582. The molecule has 3 unspecified atom stereocenters. The highest BCUT2D eigenvalue weighted by Gasteiger charge is 2.27. The smallest absolute Gasteiger partial charge is 0.0219 e. The fourth-order valence-electron chi connectivity index (χ4n) is 2.74. The van der Waals surface area contributed by atoms with E-state index in [0.29, 0.717) is 18.0 Å². The minimum atomic E-state index is 0.301. The van der Waals surface area contributed by atoms with Gasteiger partial charge in [-0.3, -0.25) is 0 Å². The summed E-state index contributed by atoms with van der Waals surface area (Å²) in [6.07, 6.45) is 3.52. The van der Waals surface area contributed by atoms with Gasteiger partial charge in [-0.05, 0) is 31.2 Å². The van der Waals surface area contributed by atoms with Gasteiger partial charge in [-0.1, -0.05) is 43.2 Å². The summed E-state index contributed by atoms with van der Waals surface area (Å²) >= 11 is 0. The maximum Gasteiger partial charge on any atom is 0.0219 e. The Balaban J connectivity index is 1.99. The molecule has 17 heavy (non-hydrogen) atoms. The largest absolute Gasteiger partial charge is 0.326 e. The van der Waals surface area contributed by atoms with Crippen molar-refractivity contribution in [2.45, 2.75) is 51.1 Å². The molecule has 0 aliphatic carbocycles. The number of nitrogens with two attached hydrogens (primary N) is 1. The SMILES string of the molecule is CCCC1NCC(c2ccc(C)cc2)CC1N. The van der Waals surface area contributed by atoms with Crippen LogP contribution in [-0.4, -0.2) is 18.6 Å². The highest BCUT2D eigenvalue weighted by Crippen LogP contribution is 2.26. The van der Waals surface area contributed by atoms with E-state index in [4.69, 9.17) is 5.73 Å². The Hall–Kier alpha value is -0.860.